The van der Waals surface area contributed by atoms with Gasteiger partial charge < -0.3 is 15.2 Å². The Kier molecular flexibility index (Phi) is 7.40. The predicted octanol–water partition coefficient (Wildman–Crippen LogP) is 2.64. The highest BCUT2D eigenvalue weighted by Crippen LogP contribution is 2.17. The zero-order valence-electron chi connectivity index (χ0n) is 16.2. The van der Waals surface area contributed by atoms with Gasteiger partial charge in [0.05, 0.1) is 12.3 Å². The number of carbonyl (C=O) groups is 2. The summed E-state index contributed by atoms with van der Waals surface area (Å²) < 4.78 is 1.90. The molecule has 2 amide bonds. The molecule has 7 nitrogen and oxygen atoms in total. The Hall–Kier alpha value is -3.13. The van der Waals surface area contributed by atoms with Crippen molar-refractivity contribution in [3.05, 3.63) is 77.6 Å². The van der Waals surface area contributed by atoms with Gasteiger partial charge in [-0.2, -0.15) is 0 Å². The van der Waals surface area contributed by atoms with Gasteiger partial charge in [0.2, 0.25) is 5.91 Å². The molecule has 0 spiro atoms. The number of thioether (sulfide) groups is 1. The number of nitrogens with one attached hydrogen (secondary N) is 2. The first-order valence-corrected chi connectivity index (χ1v) is 10.3. The Balaban J connectivity index is 1.51. The second-order valence-corrected chi connectivity index (χ2v) is 7.19. The molecule has 150 valence electrons. The fraction of sp³-hybridized carbons (Fsp3) is 0.238. The van der Waals surface area contributed by atoms with Crippen LogP contribution in [0.2, 0.25) is 0 Å². The van der Waals surface area contributed by atoms with Gasteiger partial charge in [0.1, 0.15) is 0 Å². The lowest BCUT2D eigenvalue weighted by Crippen LogP contribution is -2.25. The number of amides is 2. The van der Waals surface area contributed by atoms with E-state index in [0.717, 1.165) is 5.56 Å². The Morgan fingerprint density at radius 1 is 0.931 bits per heavy atom. The van der Waals surface area contributed by atoms with Gasteiger partial charge in [0.15, 0.2) is 11.0 Å². The molecule has 0 aliphatic rings. The molecule has 0 unspecified atom stereocenters. The zero-order valence-corrected chi connectivity index (χ0v) is 17.0. The van der Waals surface area contributed by atoms with Crippen LogP contribution in [0.5, 0.6) is 0 Å². The van der Waals surface area contributed by atoms with E-state index in [4.69, 9.17) is 0 Å². The highest BCUT2D eigenvalue weighted by molar-refractivity contribution is 7.99. The van der Waals surface area contributed by atoms with Crippen LogP contribution in [0.15, 0.2) is 65.8 Å². The van der Waals surface area contributed by atoms with Crippen molar-refractivity contribution >= 4 is 23.6 Å². The number of aromatic nitrogens is 3. The van der Waals surface area contributed by atoms with Crippen molar-refractivity contribution in [3.63, 3.8) is 0 Å². The van der Waals surface area contributed by atoms with Crippen LogP contribution in [-0.4, -0.2) is 32.3 Å². The summed E-state index contributed by atoms with van der Waals surface area (Å²) in [5, 5.41) is 14.8. The average Bonchev–Trinajstić information content (AvgIpc) is 3.17. The van der Waals surface area contributed by atoms with E-state index in [9.17, 15) is 9.59 Å². The minimum absolute atomic E-state index is 0.0663. The molecule has 0 aliphatic carbocycles. The van der Waals surface area contributed by atoms with Crippen LogP contribution >= 0.6 is 11.8 Å². The maximum absolute atomic E-state index is 12.2. The first-order valence-electron chi connectivity index (χ1n) is 9.36. The molecule has 0 saturated heterocycles. The van der Waals surface area contributed by atoms with E-state index >= 15 is 0 Å². The lowest BCUT2D eigenvalue weighted by molar-refractivity contribution is -0.118. The van der Waals surface area contributed by atoms with Gasteiger partial charge in [-0.15, -0.1) is 10.2 Å². The van der Waals surface area contributed by atoms with E-state index in [1.54, 1.807) is 12.1 Å². The molecule has 3 aromatic rings. The lowest BCUT2D eigenvalue weighted by Gasteiger charge is -2.09. The Morgan fingerprint density at radius 2 is 1.62 bits per heavy atom. The van der Waals surface area contributed by atoms with Gasteiger partial charge in [0, 0.05) is 18.7 Å². The SMILES string of the molecule is CCn1c(CNC(=O)c2ccccc2)nnc1SCC(=O)NCc1ccccc1. The van der Waals surface area contributed by atoms with Crippen molar-refractivity contribution < 1.29 is 9.59 Å². The van der Waals surface area contributed by atoms with Crippen molar-refractivity contribution in [1.82, 2.24) is 25.4 Å². The molecular formula is C21H23N5O2S. The third-order valence-electron chi connectivity index (χ3n) is 4.22. The van der Waals surface area contributed by atoms with E-state index in [-0.39, 0.29) is 24.1 Å². The molecule has 0 atom stereocenters. The molecule has 0 radical (unpaired) electrons. The van der Waals surface area contributed by atoms with E-state index < -0.39 is 0 Å². The Labute approximate surface area is 173 Å². The van der Waals surface area contributed by atoms with E-state index in [2.05, 4.69) is 20.8 Å². The molecular weight excluding hydrogens is 386 g/mol. The number of rotatable bonds is 9. The van der Waals surface area contributed by atoms with Crippen molar-refractivity contribution in [2.24, 2.45) is 0 Å². The first kappa shape index (κ1) is 20.6. The number of nitrogens with zero attached hydrogens (tertiary/aromatic N) is 3. The van der Waals surface area contributed by atoms with Gasteiger partial charge in [-0.25, -0.2) is 0 Å². The number of hydrogen-bond donors (Lipinski definition) is 2. The fourth-order valence-corrected chi connectivity index (χ4v) is 3.55. The topological polar surface area (TPSA) is 88.9 Å². The number of carbonyl (C=O) groups excluding carboxylic acids is 2. The van der Waals surface area contributed by atoms with Crippen LogP contribution in [0.4, 0.5) is 0 Å². The summed E-state index contributed by atoms with van der Waals surface area (Å²) in [5.74, 6) is 0.680. The van der Waals surface area contributed by atoms with Gasteiger partial charge in [-0.3, -0.25) is 9.59 Å². The third kappa shape index (κ3) is 5.92. The van der Waals surface area contributed by atoms with Gasteiger partial charge in [-0.1, -0.05) is 60.3 Å². The van der Waals surface area contributed by atoms with Crippen molar-refractivity contribution in [3.8, 4) is 0 Å². The summed E-state index contributed by atoms with van der Waals surface area (Å²) in [4.78, 5) is 24.3. The molecule has 2 N–H and O–H groups in total. The largest absolute Gasteiger partial charge is 0.351 e. The average molecular weight is 410 g/mol. The minimum atomic E-state index is -0.161. The van der Waals surface area contributed by atoms with Crippen LogP contribution in [0.1, 0.15) is 28.7 Å². The van der Waals surface area contributed by atoms with Crippen molar-refractivity contribution in [2.45, 2.75) is 31.7 Å². The highest BCUT2D eigenvalue weighted by Gasteiger charge is 2.14. The standard InChI is InChI=1S/C21H23N5O2S/c1-2-26-18(14-23-20(28)17-11-7-4-8-12-17)24-25-21(26)29-15-19(27)22-13-16-9-5-3-6-10-16/h3-12H,2,13-15H2,1H3,(H,22,27)(H,23,28). The molecule has 2 aromatic carbocycles. The summed E-state index contributed by atoms with van der Waals surface area (Å²) in [5.41, 5.74) is 1.65. The molecule has 3 rings (SSSR count). The Morgan fingerprint density at radius 3 is 2.31 bits per heavy atom. The monoisotopic (exact) mass is 409 g/mol. The third-order valence-corrected chi connectivity index (χ3v) is 5.18. The predicted molar refractivity (Wildman–Crippen MR) is 112 cm³/mol. The van der Waals surface area contributed by atoms with Gasteiger partial charge >= 0.3 is 0 Å². The Bertz CT molecular complexity index is 944. The molecule has 0 aliphatic heterocycles. The minimum Gasteiger partial charge on any atom is -0.351 e. The number of benzene rings is 2. The zero-order chi connectivity index (χ0) is 20.5. The molecule has 8 heteroatoms. The van der Waals surface area contributed by atoms with Crippen molar-refractivity contribution in [2.75, 3.05) is 5.75 Å². The smallest absolute Gasteiger partial charge is 0.251 e. The molecule has 1 aromatic heterocycles. The first-order chi connectivity index (χ1) is 14.2. The quantitative estimate of drug-likeness (QED) is 0.531. The lowest BCUT2D eigenvalue weighted by atomic mass is 10.2. The van der Waals surface area contributed by atoms with Crippen LogP contribution in [0.25, 0.3) is 0 Å². The van der Waals surface area contributed by atoms with E-state index in [1.165, 1.54) is 11.8 Å². The molecule has 1 heterocycles. The maximum Gasteiger partial charge on any atom is 0.251 e. The van der Waals surface area contributed by atoms with Crippen molar-refractivity contribution in [1.29, 1.82) is 0 Å². The summed E-state index contributed by atoms with van der Waals surface area (Å²) in [6.07, 6.45) is 0. The number of hydrogen-bond acceptors (Lipinski definition) is 5. The molecule has 29 heavy (non-hydrogen) atoms. The summed E-state index contributed by atoms with van der Waals surface area (Å²) in [6.45, 7) is 3.40. The van der Waals surface area contributed by atoms with E-state index in [1.807, 2.05) is 60.0 Å². The summed E-state index contributed by atoms with van der Waals surface area (Å²) >= 11 is 1.33. The normalized spacial score (nSPS) is 10.5. The highest BCUT2D eigenvalue weighted by atomic mass is 32.2. The van der Waals surface area contributed by atoms with Crippen LogP contribution in [0, 0.1) is 0 Å². The molecule has 0 saturated carbocycles. The van der Waals surface area contributed by atoms with Crippen LogP contribution in [-0.2, 0) is 24.4 Å². The van der Waals surface area contributed by atoms with E-state index in [0.29, 0.717) is 29.6 Å². The van der Waals surface area contributed by atoms with Crippen LogP contribution in [0.3, 0.4) is 0 Å². The second-order valence-electron chi connectivity index (χ2n) is 6.24. The maximum atomic E-state index is 12.2. The van der Waals surface area contributed by atoms with Gasteiger partial charge in [0.25, 0.3) is 5.91 Å². The summed E-state index contributed by atoms with van der Waals surface area (Å²) in [7, 11) is 0. The second kappa shape index (κ2) is 10.4. The summed E-state index contributed by atoms with van der Waals surface area (Å²) in [6, 6.07) is 18.8. The molecule has 0 fully saturated rings. The van der Waals surface area contributed by atoms with Gasteiger partial charge in [-0.05, 0) is 24.6 Å². The van der Waals surface area contributed by atoms with Crippen LogP contribution < -0.4 is 10.6 Å². The fourth-order valence-electron chi connectivity index (χ4n) is 2.70. The molecule has 0 bridgehead atoms.